The van der Waals surface area contributed by atoms with Crippen molar-refractivity contribution < 1.29 is 36.4 Å². The van der Waals surface area contributed by atoms with E-state index >= 15 is 0 Å². The summed E-state index contributed by atoms with van der Waals surface area (Å²) in [6.07, 6.45) is 0. The molecule has 0 unspecified atom stereocenters. The number of hydrogen-bond donors (Lipinski definition) is 2. The molecule has 0 spiro atoms. The molecule has 0 bridgehead atoms. The van der Waals surface area contributed by atoms with E-state index in [0.717, 1.165) is 8.95 Å². The van der Waals surface area contributed by atoms with Crippen molar-refractivity contribution in [2.75, 3.05) is 0 Å². The summed E-state index contributed by atoms with van der Waals surface area (Å²) in [4.78, 5) is 0. The van der Waals surface area contributed by atoms with Crippen molar-refractivity contribution in [2.24, 2.45) is 0 Å². The fourth-order valence-electron chi connectivity index (χ4n) is 2.15. The molecule has 0 aromatic heterocycles. The van der Waals surface area contributed by atoms with Gasteiger partial charge >= 0.3 is 26.2 Å². The maximum atomic E-state index is 8.78. The van der Waals surface area contributed by atoms with E-state index in [-0.39, 0.29) is 26.2 Å². The Kier molecular flexibility index (Phi) is 15.5. The summed E-state index contributed by atoms with van der Waals surface area (Å²) < 4.78 is 1.80. The fourth-order valence-corrected chi connectivity index (χ4v) is 2.93. The molecule has 162 valence electrons. The Balaban J connectivity index is 0.000000384. The Morgan fingerprint density at radius 1 is 0.613 bits per heavy atom. The number of halogens is 2. The zero-order valence-corrected chi connectivity index (χ0v) is 23.9. The molecular formula is C26H28Br2O2Zr. The van der Waals surface area contributed by atoms with E-state index < -0.39 is 0 Å². The number of benzene rings is 2. The van der Waals surface area contributed by atoms with Crippen molar-refractivity contribution in [2.45, 2.75) is 27.7 Å². The Labute approximate surface area is 222 Å². The van der Waals surface area contributed by atoms with Gasteiger partial charge in [-0.2, -0.15) is 34.4 Å². The predicted molar refractivity (Wildman–Crippen MR) is 135 cm³/mol. The monoisotopic (exact) mass is 620 g/mol. The van der Waals surface area contributed by atoms with Gasteiger partial charge in [-0.25, -0.2) is 24.3 Å². The van der Waals surface area contributed by atoms with E-state index in [1.807, 2.05) is 12.1 Å². The number of aromatic hydroxyl groups is 2. The third-order valence-electron chi connectivity index (χ3n) is 4.25. The zero-order chi connectivity index (χ0) is 22.5. The van der Waals surface area contributed by atoms with Gasteiger partial charge in [-0.3, -0.25) is 0 Å². The van der Waals surface area contributed by atoms with Gasteiger partial charge in [0.2, 0.25) is 0 Å². The first-order chi connectivity index (χ1) is 14.2. The van der Waals surface area contributed by atoms with Gasteiger partial charge in [-0.05, 0) is 36.4 Å². The molecule has 0 saturated carbocycles. The summed E-state index contributed by atoms with van der Waals surface area (Å²) in [6, 6.07) is 26.4. The Morgan fingerprint density at radius 2 is 0.968 bits per heavy atom. The third kappa shape index (κ3) is 13.6. The molecule has 0 atom stereocenters. The maximum Gasteiger partial charge on any atom is 2.00 e. The SMILES string of the molecule is Cc1ccc[c-]1C.Cc1ccc[c-]1C.Oc1cccc(Br)c1.Oc1cccc(Br)c1.[Zr+2]. The number of hydrogen-bond acceptors (Lipinski definition) is 2. The zero-order valence-electron chi connectivity index (χ0n) is 18.2. The minimum atomic E-state index is 0. The summed E-state index contributed by atoms with van der Waals surface area (Å²) >= 11 is 6.40. The molecule has 0 heterocycles. The van der Waals surface area contributed by atoms with E-state index in [2.05, 4.69) is 96.0 Å². The van der Waals surface area contributed by atoms with Crippen LogP contribution in [0.25, 0.3) is 0 Å². The molecule has 0 fully saturated rings. The molecule has 0 aliphatic carbocycles. The van der Waals surface area contributed by atoms with Crippen molar-refractivity contribution >= 4 is 31.9 Å². The van der Waals surface area contributed by atoms with Gasteiger partial charge in [0, 0.05) is 8.95 Å². The van der Waals surface area contributed by atoms with Crippen molar-refractivity contribution in [3.05, 3.63) is 116 Å². The van der Waals surface area contributed by atoms with Crippen LogP contribution in [0.2, 0.25) is 0 Å². The number of aryl methyl sites for hydroxylation is 4. The normalized spacial score (nSPS) is 8.97. The summed E-state index contributed by atoms with van der Waals surface area (Å²) in [5, 5.41) is 17.6. The summed E-state index contributed by atoms with van der Waals surface area (Å²) in [5.41, 5.74) is 5.56. The molecule has 5 heteroatoms. The molecule has 4 aromatic rings. The molecule has 4 aromatic carbocycles. The first kappa shape index (κ1) is 29.6. The second-order valence-electron chi connectivity index (χ2n) is 6.74. The van der Waals surface area contributed by atoms with Crippen LogP contribution >= 0.6 is 31.9 Å². The van der Waals surface area contributed by atoms with Crippen LogP contribution in [0.3, 0.4) is 0 Å². The smallest absolute Gasteiger partial charge is 0.508 e. The Morgan fingerprint density at radius 3 is 1.10 bits per heavy atom. The largest absolute Gasteiger partial charge is 2.00 e. The van der Waals surface area contributed by atoms with Crippen LogP contribution < -0.4 is 0 Å². The molecule has 2 nitrogen and oxygen atoms in total. The number of phenolic OH excluding ortho intramolecular Hbond substituents is 2. The molecule has 31 heavy (non-hydrogen) atoms. The molecule has 0 amide bonds. The Bertz CT molecular complexity index is 857. The average molecular weight is 624 g/mol. The molecule has 0 radical (unpaired) electrons. The van der Waals surface area contributed by atoms with E-state index in [1.54, 1.807) is 36.4 Å². The molecule has 2 N–H and O–H groups in total. The van der Waals surface area contributed by atoms with Gasteiger partial charge in [0.05, 0.1) is 0 Å². The van der Waals surface area contributed by atoms with Gasteiger partial charge in [0.15, 0.2) is 0 Å². The van der Waals surface area contributed by atoms with Gasteiger partial charge in [0.25, 0.3) is 0 Å². The van der Waals surface area contributed by atoms with Gasteiger partial charge in [-0.1, -0.05) is 71.7 Å². The molecule has 0 saturated heterocycles. The molecular weight excluding hydrogens is 595 g/mol. The van der Waals surface area contributed by atoms with Gasteiger partial charge in [0.1, 0.15) is 11.5 Å². The van der Waals surface area contributed by atoms with E-state index in [1.165, 1.54) is 22.3 Å². The quantitative estimate of drug-likeness (QED) is 0.193. The van der Waals surface area contributed by atoms with Crippen molar-refractivity contribution in [1.29, 1.82) is 0 Å². The Hall–Kier alpha value is -1.42. The van der Waals surface area contributed by atoms with E-state index in [0.29, 0.717) is 11.5 Å². The second kappa shape index (κ2) is 16.2. The van der Waals surface area contributed by atoms with Crippen molar-refractivity contribution in [3.63, 3.8) is 0 Å². The topological polar surface area (TPSA) is 40.5 Å². The van der Waals surface area contributed by atoms with Gasteiger partial charge < -0.3 is 10.2 Å². The summed E-state index contributed by atoms with van der Waals surface area (Å²) in [6.45, 7) is 8.48. The van der Waals surface area contributed by atoms with Crippen LogP contribution in [0.1, 0.15) is 22.3 Å². The minimum absolute atomic E-state index is 0. The van der Waals surface area contributed by atoms with Crippen LogP contribution in [0.5, 0.6) is 11.5 Å². The minimum Gasteiger partial charge on any atom is -0.508 e. The second-order valence-corrected chi connectivity index (χ2v) is 8.57. The van der Waals surface area contributed by atoms with Gasteiger partial charge in [-0.15, -0.1) is 0 Å². The van der Waals surface area contributed by atoms with E-state index in [9.17, 15) is 0 Å². The predicted octanol–water partition coefficient (Wildman–Crippen LogP) is 8.35. The fraction of sp³-hybridized carbons (Fsp3) is 0.154. The van der Waals surface area contributed by atoms with Crippen LogP contribution in [0.15, 0.2) is 93.9 Å². The van der Waals surface area contributed by atoms with Crippen LogP contribution in [-0.4, -0.2) is 10.2 Å². The molecule has 0 aliphatic rings. The third-order valence-corrected chi connectivity index (χ3v) is 5.23. The summed E-state index contributed by atoms with van der Waals surface area (Å²) in [5.74, 6) is 0.582. The molecule has 4 rings (SSSR count). The van der Waals surface area contributed by atoms with Crippen LogP contribution in [0, 0.1) is 27.7 Å². The van der Waals surface area contributed by atoms with Crippen LogP contribution in [0.4, 0.5) is 0 Å². The van der Waals surface area contributed by atoms with Crippen molar-refractivity contribution in [1.82, 2.24) is 0 Å². The number of rotatable bonds is 0. The molecule has 0 aliphatic heterocycles. The average Bonchev–Trinajstić information content (AvgIpc) is 3.23. The first-order valence-corrected chi connectivity index (χ1v) is 11.0. The maximum absolute atomic E-state index is 8.78. The first-order valence-electron chi connectivity index (χ1n) is 9.46. The van der Waals surface area contributed by atoms with Crippen LogP contribution in [-0.2, 0) is 26.2 Å². The number of phenols is 2. The summed E-state index contributed by atoms with van der Waals surface area (Å²) in [7, 11) is 0. The standard InChI is InChI=1S/2C7H9.2C6H5BrO.Zr/c2*1-6-4-3-5-7(6)2;2*7-5-2-1-3-6(8)4-5;/h2*3-5H,1-2H3;2*1-4,8H;/q2*-1;;;+2. The van der Waals surface area contributed by atoms with E-state index in [4.69, 9.17) is 10.2 Å². The van der Waals surface area contributed by atoms with Crippen molar-refractivity contribution in [3.8, 4) is 11.5 Å².